The average Bonchev–Trinajstić information content (AvgIpc) is 2.85. The molecule has 188 valence electrons. The molecule has 0 saturated carbocycles. The zero-order chi connectivity index (χ0) is 26.2. The molecule has 0 aliphatic carbocycles. The molecule has 36 heavy (non-hydrogen) atoms. The number of amides is 2. The van der Waals surface area contributed by atoms with E-state index in [-0.39, 0.29) is 30.0 Å². The van der Waals surface area contributed by atoms with Crippen molar-refractivity contribution in [3.8, 4) is 11.5 Å². The van der Waals surface area contributed by atoms with Crippen molar-refractivity contribution in [2.45, 2.75) is 19.0 Å². The summed E-state index contributed by atoms with van der Waals surface area (Å²) in [6.07, 6.45) is 0.542. The summed E-state index contributed by atoms with van der Waals surface area (Å²) in [5.41, 5.74) is 1.84. The van der Waals surface area contributed by atoms with Crippen LogP contribution in [0, 0.1) is 0 Å². The van der Waals surface area contributed by atoms with Crippen molar-refractivity contribution < 1.29 is 29.0 Å². The minimum absolute atomic E-state index is 0.00575. The first-order valence-corrected chi connectivity index (χ1v) is 11.5. The molecule has 8 nitrogen and oxygen atoms in total. The Hall–Kier alpha value is -3.75. The lowest BCUT2D eigenvalue weighted by molar-refractivity contribution is -0.142. The summed E-state index contributed by atoms with van der Waals surface area (Å²) < 4.78 is 10.8. The first kappa shape index (κ1) is 26.8. The Morgan fingerprint density at radius 2 is 1.56 bits per heavy atom. The molecule has 10 heteroatoms. The summed E-state index contributed by atoms with van der Waals surface area (Å²) in [5.74, 6) is -1.34. The zero-order valence-corrected chi connectivity index (χ0v) is 21.0. The number of nitrogens with one attached hydrogen (secondary N) is 1. The van der Waals surface area contributed by atoms with Crippen LogP contribution in [0.4, 0.5) is 5.69 Å². The van der Waals surface area contributed by atoms with Gasteiger partial charge >= 0.3 is 5.97 Å². The van der Waals surface area contributed by atoms with Crippen LogP contribution in [0.1, 0.15) is 21.5 Å². The maximum Gasteiger partial charge on any atom is 0.326 e. The van der Waals surface area contributed by atoms with Gasteiger partial charge in [0.1, 0.15) is 23.1 Å². The summed E-state index contributed by atoms with van der Waals surface area (Å²) >= 11 is 12.3. The van der Waals surface area contributed by atoms with Gasteiger partial charge in [-0.25, -0.2) is 4.79 Å². The summed E-state index contributed by atoms with van der Waals surface area (Å²) in [7, 11) is 2.83. The van der Waals surface area contributed by atoms with E-state index in [0.717, 1.165) is 0 Å². The number of methoxy groups -OCH3 is 2. The van der Waals surface area contributed by atoms with Crippen LogP contribution in [0.15, 0.2) is 60.7 Å². The normalized spacial score (nSPS) is 11.3. The summed E-state index contributed by atoms with van der Waals surface area (Å²) in [5, 5.41) is 13.4. The van der Waals surface area contributed by atoms with Crippen LogP contribution in [0.2, 0.25) is 10.0 Å². The van der Waals surface area contributed by atoms with Crippen molar-refractivity contribution in [3.05, 3.63) is 87.4 Å². The number of aliphatic carboxylic acids is 1. The Balaban J connectivity index is 2.08. The number of carboxylic acids is 1. The second-order valence-electron chi connectivity index (χ2n) is 7.77. The molecule has 0 spiro atoms. The molecule has 3 aromatic carbocycles. The fraction of sp³-hybridized carbons (Fsp3) is 0.192. The number of carbonyl (C=O) groups is 3. The van der Waals surface area contributed by atoms with Gasteiger partial charge in [-0.3, -0.25) is 9.59 Å². The maximum absolute atomic E-state index is 13.9. The highest BCUT2D eigenvalue weighted by Crippen LogP contribution is 2.32. The standard InChI is InChI=1S/C26H24Cl2N2O6/c1-35-22-4-3-5-23(36-2)24(22)25(32)30(14-17-10-18(27)13-19(28)11-17)21(26(33)34)12-16-6-8-20(9-7-16)29-15-31/h3-11,13,15,21H,12,14H2,1-2H3,(H,29,31)(H,33,34)/t21-/m0/s1. The van der Waals surface area contributed by atoms with Gasteiger partial charge in [0.25, 0.3) is 5.91 Å². The molecule has 1 atom stereocenters. The quantitative estimate of drug-likeness (QED) is 0.341. The van der Waals surface area contributed by atoms with Crippen molar-refractivity contribution in [1.82, 2.24) is 4.90 Å². The number of hydrogen-bond donors (Lipinski definition) is 2. The number of halogens is 2. The highest BCUT2D eigenvalue weighted by Gasteiger charge is 2.34. The number of carboxylic acid groups (broad SMARTS) is 1. The van der Waals surface area contributed by atoms with E-state index in [1.165, 1.54) is 19.1 Å². The van der Waals surface area contributed by atoms with Crippen LogP contribution in [-0.4, -0.2) is 48.6 Å². The Labute approximate surface area is 218 Å². The molecule has 0 radical (unpaired) electrons. The number of ether oxygens (including phenoxy) is 2. The molecule has 0 heterocycles. The van der Waals surface area contributed by atoms with E-state index < -0.39 is 17.9 Å². The van der Waals surface area contributed by atoms with Gasteiger partial charge in [0.2, 0.25) is 6.41 Å². The molecular formula is C26H24Cl2N2O6. The van der Waals surface area contributed by atoms with Gasteiger partial charge in [0.05, 0.1) is 14.2 Å². The molecule has 0 aliphatic rings. The van der Waals surface area contributed by atoms with Gasteiger partial charge < -0.3 is 24.8 Å². The molecule has 2 amide bonds. The van der Waals surface area contributed by atoms with Gasteiger partial charge in [-0.05, 0) is 53.6 Å². The predicted octanol–water partition coefficient (Wildman–Crippen LogP) is 4.92. The van der Waals surface area contributed by atoms with E-state index in [4.69, 9.17) is 32.7 Å². The molecule has 3 rings (SSSR count). The maximum atomic E-state index is 13.9. The monoisotopic (exact) mass is 530 g/mol. The number of benzene rings is 3. The van der Waals surface area contributed by atoms with Crippen LogP contribution < -0.4 is 14.8 Å². The van der Waals surface area contributed by atoms with Gasteiger partial charge in [-0.15, -0.1) is 0 Å². The van der Waals surface area contributed by atoms with Gasteiger partial charge in [-0.2, -0.15) is 0 Å². The molecule has 2 N–H and O–H groups in total. The van der Waals surface area contributed by atoms with E-state index in [1.807, 2.05) is 0 Å². The largest absolute Gasteiger partial charge is 0.496 e. The summed E-state index contributed by atoms with van der Waals surface area (Å²) in [6, 6.07) is 15.0. The third-order valence-corrected chi connectivity index (χ3v) is 5.88. The van der Waals surface area contributed by atoms with Crippen molar-refractivity contribution in [3.63, 3.8) is 0 Å². The SMILES string of the molecule is COc1cccc(OC)c1C(=O)N(Cc1cc(Cl)cc(Cl)c1)[C@@H](Cc1ccc(NC=O)cc1)C(=O)O. The molecular weight excluding hydrogens is 507 g/mol. The van der Waals surface area contributed by atoms with E-state index in [1.54, 1.807) is 60.7 Å². The fourth-order valence-corrected chi connectivity index (χ4v) is 4.36. The molecule has 0 unspecified atom stereocenters. The van der Waals surface area contributed by atoms with Crippen LogP contribution in [0.25, 0.3) is 0 Å². The third-order valence-electron chi connectivity index (χ3n) is 5.45. The Kier molecular flexibility index (Phi) is 9.16. The molecule has 0 fully saturated rings. The highest BCUT2D eigenvalue weighted by atomic mass is 35.5. The van der Waals surface area contributed by atoms with Crippen LogP contribution in [-0.2, 0) is 22.6 Å². The van der Waals surface area contributed by atoms with Crippen LogP contribution in [0.5, 0.6) is 11.5 Å². The lowest BCUT2D eigenvalue weighted by Gasteiger charge is -2.30. The van der Waals surface area contributed by atoms with Crippen molar-refractivity contribution in [1.29, 1.82) is 0 Å². The summed E-state index contributed by atoms with van der Waals surface area (Å²) in [4.78, 5) is 38.4. The minimum atomic E-state index is -1.27. The second kappa shape index (κ2) is 12.3. The van der Waals surface area contributed by atoms with Crippen LogP contribution >= 0.6 is 23.2 Å². The smallest absolute Gasteiger partial charge is 0.326 e. The number of nitrogens with zero attached hydrogens (tertiary/aromatic N) is 1. The number of hydrogen-bond acceptors (Lipinski definition) is 5. The van der Waals surface area contributed by atoms with Gasteiger partial charge in [0.15, 0.2) is 0 Å². The average molecular weight is 531 g/mol. The lowest BCUT2D eigenvalue weighted by atomic mass is 10.0. The third kappa shape index (κ3) is 6.47. The first-order valence-electron chi connectivity index (χ1n) is 10.8. The number of carbonyl (C=O) groups excluding carboxylic acids is 2. The molecule has 0 bridgehead atoms. The molecule has 0 saturated heterocycles. The number of anilines is 1. The van der Waals surface area contributed by atoms with Gasteiger partial charge in [-0.1, -0.05) is 41.4 Å². The van der Waals surface area contributed by atoms with E-state index in [0.29, 0.717) is 33.3 Å². The van der Waals surface area contributed by atoms with E-state index in [2.05, 4.69) is 5.32 Å². The van der Waals surface area contributed by atoms with Crippen molar-refractivity contribution >= 4 is 47.2 Å². The number of rotatable bonds is 11. The van der Waals surface area contributed by atoms with Crippen LogP contribution in [0.3, 0.4) is 0 Å². The predicted molar refractivity (Wildman–Crippen MR) is 137 cm³/mol. The Morgan fingerprint density at radius 1 is 0.972 bits per heavy atom. The first-order chi connectivity index (χ1) is 17.3. The Bertz CT molecular complexity index is 1210. The topological polar surface area (TPSA) is 105 Å². The zero-order valence-electron chi connectivity index (χ0n) is 19.5. The Morgan fingerprint density at radius 3 is 2.06 bits per heavy atom. The molecule has 0 aromatic heterocycles. The lowest BCUT2D eigenvalue weighted by Crippen LogP contribution is -2.46. The minimum Gasteiger partial charge on any atom is -0.496 e. The van der Waals surface area contributed by atoms with E-state index >= 15 is 0 Å². The van der Waals surface area contributed by atoms with Gasteiger partial charge in [0, 0.05) is 28.7 Å². The fourth-order valence-electron chi connectivity index (χ4n) is 3.79. The summed E-state index contributed by atoms with van der Waals surface area (Å²) in [6.45, 7) is -0.0952. The molecule has 3 aromatic rings. The van der Waals surface area contributed by atoms with Crippen molar-refractivity contribution in [2.24, 2.45) is 0 Å². The van der Waals surface area contributed by atoms with Crippen molar-refractivity contribution in [2.75, 3.05) is 19.5 Å². The second-order valence-corrected chi connectivity index (χ2v) is 8.64. The molecule has 0 aliphatic heterocycles. The highest BCUT2D eigenvalue weighted by molar-refractivity contribution is 6.34. The van der Waals surface area contributed by atoms with E-state index in [9.17, 15) is 19.5 Å².